The molecule has 1 aromatic heterocycles. The van der Waals surface area contributed by atoms with Gasteiger partial charge in [-0.15, -0.1) is 0 Å². The normalized spacial score (nSPS) is 12.5. The second-order valence-corrected chi connectivity index (χ2v) is 3.48. The Morgan fingerprint density at radius 1 is 1.67 bits per heavy atom. The number of aryl methyl sites for hydroxylation is 1. The maximum Gasteiger partial charge on any atom is 0.236 e. The van der Waals surface area contributed by atoms with E-state index in [-0.39, 0.29) is 11.9 Å². The molecule has 1 atom stereocenters. The van der Waals surface area contributed by atoms with Gasteiger partial charge in [-0.25, -0.2) is 0 Å². The molecule has 0 saturated heterocycles. The third-order valence-electron chi connectivity index (χ3n) is 2.10. The Bertz CT molecular complexity index is 321. The summed E-state index contributed by atoms with van der Waals surface area (Å²) in [4.78, 5) is 11.4. The summed E-state index contributed by atoms with van der Waals surface area (Å²) in [6.07, 6.45) is 1.88. The Balaban J connectivity index is 2.33. The number of nitrogens with one attached hydrogen (secondary N) is 2. The Kier molecular flexibility index (Phi) is 4.30. The molecule has 0 saturated carbocycles. The molecule has 1 heterocycles. The molecule has 0 aliphatic heterocycles. The highest BCUT2D eigenvalue weighted by Gasteiger charge is 2.10. The van der Waals surface area contributed by atoms with Gasteiger partial charge in [-0.1, -0.05) is 0 Å². The van der Waals surface area contributed by atoms with Gasteiger partial charge < -0.3 is 10.6 Å². The molecule has 84 valence electrons. The molecular formula is C10H18N4O. The third kappa shape index (κ3) is 3.71. The molecule has 0 bridgehead atoms. The summed E-state index contributed by atoms with van der Waals surface area (Å²) < 4.78 is 1.74. The van der Waals surface area contributed by atoms with E-state index in [4.69, 9.17) is 0 Å². The van der Waals surface area contributed by atoms with Crippen LogP contribution < -0.4 is 10.6 Å². The Morgan fingerprint density at radius 3 is 2.93 bits per heavy atom. The molecule has 1 amide bonds. The van der Waals surface area contributed by atoms with Crippen LogP contribution in [0, 0.1) is 0 Å². The topological polar surface area (TPSA) is 59.0 Å². The van der Waals surface area contributed by atoms with Crippen molar-refractivity contribution in [3.8, 4) is 0 Å². The lowest BCUT2D eigenvalue weighted by Crippen LogP contribution is -2.41. The van der Waals surface area contributed by atoms with Crippen LogP contribution in [0.5, 0.6) is 0 Å². The number of amides is 1. The molecule has 5 nitrogen and oxygen atoms in total. The molecule has 15 heavy (non-hydrogen) atoms. The number of hydrogen-bond donors (Lipinski definition) is 2. The summed E-state index contributed by atoms with van der Waals surface area (Å²) >= 11 is 0. The van der Waals surface area contributed by atoms with Gasteiger partial charge in [0.15, 0.2) is 0 Å². The van der Waals surface area contributed by atoms with Crippen molar-refractivity contribution in [1.29, 1.82) is 0 Å². The monoisotopic (exact) mass is 210 g/mol. The fourth-order valence-corrected chi connectivity index (χ4v) is 1.24. The van der Waals surface area contributed by atoms with Crippen molar-refractivity contribution < 1.29 is 4.79 Å². The Morgan fingerprint density at radius 2 is 2.40 bits per heavy atom. The van der Waals surface area contributed by atoms with E-state index in [0.717, 1.165) is 5.69 Å². The van der Waals surface area contributed by atoms with E-state index in [2.05, 4.69) is 15.7 Å². The number of likely N-dealkylation sites (N-methyl/N-ethyl adjacent to an activating group) is 1. The van der Waals surface area contributed by atoms with Crippen LogP contribution in [-0.4, -0.2) is 28.3 Å². The second kappa shape index (κ2) is 5.50. The molecule has 0 radical (unpaired) electrons. The quantitative estimate of drug-likeness (QED) is 0.721. The van der Waals surface area contributed by atoms with Crippen LogP contribution >= 0.6 is 0 Å². The van der Waals surface area contributed by atoms with Crippen LogP contribution in [0.15, 0.2) is 12.3 Å². The Hall–Kier alpha value is -1.36. The molecule has 1 unspecified atom stereocenters. The van der Waals surface area contributed by atoms with Crippen molar-refractivity contribution in [2.45, 2.75) is 26.4 Å². The number of aromatic nitrogens is 2. The standard InChI is InChI=1S/C10H18N4O/c1-4-11-10(15)8(2)12-7-9-5-6-14(3)13-9/h5-6,8,12H,4,7H2,1-3H3,(H,11,15). The minimum absolute atomic E-state index is 0.0217. The summed E-state index contributed by atoms with van der Waals surface area (Å²) in [6.45, 7) is 5.02. The molecule has 0 aliphatic rings. The van der Waals surface area contributed by atoms with E-state index in [1.54, 1.807) is 4.68 Å². The van der Waals surface area contributed by atoms with Gasteiger partial charge in [-0.2, -0.15) is 5.10 Å². The fourth-order valence-electron chi connectivity index (χ4n) is 1.24. The van der Waals surface area contributed by atoms with Gasteiger partial charge >= 0.3 is 0 Å². The zero-order chi connectivity index (χ0) is 11.3. The zero-order valence-electron chi connectivity index (χ0n) is 9.45. The van der Waals surface area contributed by atoms with E-state index in [9.17, 15) is 4.79 Å². The van der Waals surface area contributed by atoms with Crippen LogP contribution in [0.4, 0.5) is 0 Å². The van der Waals surface area contributed by atoms with Crippen LogP contribution in [0.1, 0.15) is 19.5 Å². The largest absolute Gasteiger partial charge is 0.355 e. The first-order valence-corrected chi connectivity index (χ1v) is 5.13. The summed E-state index contributed by atoms with van der Waals surface area (Å²) in [5.74, 6) is 0.0217. The zero-order valence-corrected chi connectivity index (χ0v) is 9.45. The van der Waals surface area contributed by atoms with E-state index in [0.29, 0.717) is 13.1 Å². The molecule has 0 spiro atoms. The summed E-state index contributed by atoms with van der Waals surface area (Å²) in [5.41, 5.74) is 0.939. The van der Waals surface area contributed by atoms with Crippen molar-refractivity contribution in [2.75, 3.05) is 6.54 Å². The molecule has 0 fully saturated rings. The molecule has 1 rings (SSSR count). The molecule has 0 aromatic carbocycles. The van der Waals surface area contributed by atoms with E-state index < -0.39 is 0 Å². The van der Waals surface area contributed by atoms with Crippen molar-refractivity contribution in [2.24, 2.45) is 7.05 Å². The van der Waals surface area contributed by atoms with E-state index in [1.807, 2.05) is 33.2 Å². The van der Waals surface area contributed by atoms with Gasteiger partial charge in [0.2, 0.25) is 5.91 Å². The lowest BCUT2D eigenvalue weighted by molar-refractivity contribution is -0.122. The summed E-state index contributed by atoms with van der Waals surface area (Å²) in [5, 5.41) is 10.1. The van der Waals surface area contributed by atoms with Crippen LogP contribution in [0.25, 0.3) is 0 Å². The molecular weight excluding hydrogens is 192 g/mol. The van der Waals surface area contributed by atoms with Crippen molar-refractivity contribution in [1.82, 2.24) is 20.4 Å². The summed E-state index contributed by atoms with van der Waals surface area (Å²) in [7, 11) is 1.87. The van der Waals surface area contributed by atoms with Gasteiger partial charge in [-0.05, 0) is 19.9 Å². The van der Waals surface area contributed by atoms with Gasteiger partial charge in [0, 0.05) is 26.3 Å². The number of hydrogen-bond acceptors (Lipinski definition) is 3. The lowest BCUT2D eigenvalue weighted by atomic mass is 10.3. The van der Waals surface area contributed by atoms with E-state index in [1.165, 1.54) is 0 Å². The first kappa shape index (κ1) is 11.7. The SMILES string of the molecule is CCNC(=O)C(C)NCc1ccn(C)n1. The molecule has 1 aromatic rings. The predicted molar refractivity (Wildman–Crippen MR) is 58.2 cm³/mol. The van der Waals surface area contributed by atoms with Crippen molar-refractivity contribution in [3.05, 3.63) is 18.0 Å². The first-order chi connectivity index (χ1) is 7.13. The smallest absolute Gasteiger partial charge is 0.236 e. The average Bonchev–Trinajstić information content (AvgIpc) is 2.61. The maximum atomic E-state index is 11.4. The highest BCUT2D eigenvalue weighted by Crippen LogP contribution is 1.94. The minimum Gasteiger partial charge on any atom is -0.355 e. The van der Waals surface area contributed by atoms with Gasteiger partial charge in [0.1, 0.15) is 0 Å². The highest BCUT2D eigenvalue weighted by atomic mass is 16.2. The number of nitrogens with zero attached hydrogens (tertiary/aromatic N) is 2. The molecule has 5 heteroatoms. The fraction of sp³-hybridized carbons (Fsp3) is 0.600. The average molecular weight is 210 g/mol. The first-order valence-electron chi connectivity index (χ1n) is 5.13. The lowest BCUT2D eigenvalue weighted by Gasteiger charge is -2.11. The van der Waals surface area contributed by atoms with Crippen LogP contribution in [0.3, 0.4) is 0 Å². The number of carbonyl (C=O) groups excluding carboxylic acids is 1. The number of rotatable bonds is 5. The second-order valence-electron chi connectivity index (χ2n) is 3.48. The van der Waals surface area contributed by atoms with E-state index >= 15 is 0 Å². The third-order valence-corrected chi connectivity index (χ3v) is 2.10. The van der Waals surface area contributed by atoms with Gasteiger partial charge in [0.25, 0.3) is 0 Å². The summed E-state index contributed by atoms with van der Waals surface area (Å²) in [6, 6.07) is 1.74. The highest BCUT2D eigenvalue weighted by molar-refractivity contribution is 5.81. The minimum atomic E-state index is -0.188. The predicted octanol–water partition coefficient (Wildman–Crippen LogP) is 0.0343. The van der Waals surface area contributed by atoms with Gasteiger partial charge in [0.05, 0.1) is 11.7 Å². The van der Waals surface area contributed by atoms with Crippen molar-refractivity contribution >= 4 is 5.91 Å². The molecule has 2 N–H and O–H groups in total. The molecule has 0 aliphatic carbocycles. The van der Waals surface area contributed by atoms with Gasteiger partial charge in [-0.3, -0.25) is 9.48 Å². The van der Waals surface area contributed by atoms with Crippen LogP contribution in [-0.2, 0) is 18.4 Å². The number of carbonyl (C=O) groups is 1. The maximum absolute atomic E-state index is 11.4. The Labute approximate surface area is 89.9 Å². The van der Waals surface area contributed by atoms with Crippen molar-refractivity contribution in [3.63, 3.8) is 0 Å². The van der Waals surface area contributed by atoms with Crippen LogP contribution in [0.2, 0.25) is 0 Å².